The molecule has 0 aromatic heterocycles. The van der Waals surface area contributed by atoms with Crippen LogP contribution < -0.4 is 9.62 Å². The second-order valence-corrected chi connectivity index (χ2v) is 9.49. The zero-order valence-corrected chi connectivity index (χ0v) is 17.9. The van der Waals surface area contributed by atoms with Crippen molar-refractivity contribution in [2.24, 2.45) is 0 Å². The van der Waals surface area contributed by atoms with Crippen LogP contribution in [0.3, 0.4) is 0 Å². The number of carbonyl (C=O) groups excluding carboxylic acids is 1. The first kappa shape index (κ1) is 19.7. The van der Waals surface area contributed by atoms with E-state index in [9.17, 15) is 13.2 Å². The van der Waals surface area contributed by atoms with E-state index in [0.29, 0.717) is 29.9 Å². The van der Waals surface area contributed by atoms with Crippen LogP contribution in [0, 0.1) is 0 Å². The van der Waals surface area contributed by atoms with Gasteiger partial charge in [-0.3, -0.25) is 9.10 Å². The number of rotatable bonds is 4. The van der Waals surface area contributed by atoms with Crippen LogP contribution in [0.2, 0.25) is 0 Å². The normalized spacial score (nSPS) is 13.6. The average Bonchev–Trinajstić information content (AvgIpc) is 2.75. The van der Waals surface area contributed by atoms with Crippen LogP contribution in [-0.4, -0.2) is 20.9 Å². The Labute approximate surface area is 178 Å². The molecule has 0 saturated carbocycles. The first-order valence-corrected chi connectivity index (χ1v) is 11.5. The number of fused-ring (bicyclic) bond motifs is 1. The molecule has 1 amide bonds. The SMILES string of the molecule is O=C(Nc1ccccc1Br)c1ccc2c(c1)CCCN2S(=O)(=O)c1ccccc1. The molecule has 1 N–H and O–H groups in total. The van der Waals surface area contributed by atoms with Crippen LogP contribution in [0.1, 0.15) is 22.3 Å². The minimum absolute atomic E-state index is 0.234. The van der Waals surface area contributed by atoms with Crippen molar-refractivity contribution in [3.63, 3.8) is 0 Å². The van der Waals surface area contributed by atoms with Crippen LogP contribution in [-0.2, 0) is 16.4 Å². The first-order chi connectivity index (χ1) is 14.0. The van der Waals surface area contributed by atoms with Crippen LogP contribution in [0.25, 0.3) is 0 Å². The lowest BCUT2D eigenvalue weighted by Gasteiger charge is -2.30. The first-order valence-electron chi connectivity index (χ1n) is 9.23. The second kappa shape index (κ2) is 8.00. The number of anilines is 2. The van der Waals surface area contributed by atoms with E-state index in [2.05, 4.69) is 21.2 Å². The summed E-state index contributed by atoms with van der Waals surface area (Å²) < 4.78 is 28.4. The molecule has 148 valence electrons. The molecule has 0 unspecified atom stereocenters. The van der Waals surface area contributed by atoms with E-state index in [1.54, 1.807) is 48.5 Å². The number of para-hydroxylation sites is 1. The van der Waals surface area contributed by atoms with Crippen molar-refractivity contribution in [1.29, 1.82) is 0 Å². The van der Waals surface area contributed by atoms with Crippen molar-refractivity contribution in [2.75, 3.05) is 16.2 Å². The number of nitrogens with zero attached hydrogens (tertiary/aromatic N) is 1. The number of sulfonamides is 1. The van der Waals surface area contributed by atoms with Gasteiger partial charge in [-0.2, -0.15) is 0 Å². The van der Waals surface area contributed by atoms with Crippen molar-refractivity contribution in [3.05, 3.63) is 88.4 Å². The zero-order chi connectivity index (χ0) is 20.4. The Morgan fingerprint density at radius 2 is 1.69 bits per heavy atom. The third-order valence-electron chi connectivity index (χ3n) is 4.87. The predicted octanol–water partition coefficient (Wildman–Crippen LogP) is 4.84. The Morgan fingerprint density at radius 1 is 0.966 bits per heavy atom. The Hall–Kier alpha value is -2.64. The van der Waals surface area contributed by atoms with E-state index < -0.39 is 10.0 Å². The fourth-order valence-electron chi connectivity index (χ4n) is 3.43. The number of benzene rings is 3. The predicted molar refractivity (Wildman–Crippen MR) is 118 cm³/mol. The molecule has 0 spiro atoms. The van der Waals surface area contributed by atoms with Crippen LogP contribution >= 0.6 is 15.9 Å². The van der Waals surface area contributed by atoms with Gasteiger partial charge in [0.1, 0.15) is 0 Å². The Balaban J connectivity index is 1.64. The fraction of sp³-hybridized carbons (Fsp3) is 0.136. The summed E-state index contributed by atoms with van der Waals surface area (Å²) in [4.78, 5) is 13.0. The van der Waals surface area contributed by atoms with E-state index in [0.717, 1.165) is 16.5 Å². The van der Waals surface area contributed by atoms with Gasteiger partial charge < -0.3 is 5.32 Å². The van der Waals surface area contributed by atoms with E-state index >= 15 is 0 Å². The molecule has 0 atom stereocenters. The number of hydrogen-bond donors (Lipinski definition) is 1. The standard InChI is InChI=1S/C22H19BrN2O3S/c23-19-10-4-5-11-20(19)24-22(26)17-12-13-21-16(15-17)7-6-14-25(21)29(27,28)18-8-2-1-3-9-18/h1-5,8-13,15H,6-7,14H2,(H,24,26). The highest BCUT2D eigenvalue weighted by Gasteiger charge is 2.29. The molecule has 0 aliphatic carbocycles. The monoisotopic (exact) mass is 470 g/mol. The molecule has 0 fully saturated rings. The van der Waals surface area contributed by atoms with Crippen molar-refractivity contribution in [3.8, 4) is 0 Å². The van der Waals surface area contributed by atoms with Crippen LogP contribution in [0.15, 0.2) is 82.2 Å². The van der Waals surface area contributed by atoms with Gasteiger partial charge in [0.15, 0.2) is 0 Å². The highest BCUT2D eigenvalue weighted by molar-refractivity contribution is 9.10. The van der Waals surface area contributed by atoms with Gasteiger partial charge in [-0.25, -0.2) is 8.42 Å². The summed E-state index contributed by atoms with van der Waals surface area (Å²) in [5, 5.41) is 2.88. The average molecular weight is 471 g/mol. The summed E-state index contributed by atoms with van der Waals surface area (Å²) in [5.74, 6) is -0.234. The lowest BCUT2D eigenvalue weighted by molar-refractivity contribution is 0.102. The molecule has 1 heterocycles. The molecule has 3 aromatic carbocycles. The van der Waals surface area contributed by atoms with Crippen molar-refractivity contribution >= 4 is 43.2 Å². The van der Waals surface area contributed by atoms with E-state index in [-0.39, 0.29) is 10.8 Å². The van der Waals surface area contributed by atoms with E-state index in [4.69, 9.17) is 0 Å². The molecule has 5 nitrogen and oxygen atoms in total. The van der Waals surface area contributed by atoms with Gasteiger partial charge in [0, 0.05) is 16.6 Å². The Morgan fingerprint density at radius 3 is 2.45 bits per heavy atom. The maximum absolute atomic E-state index is 13.1. The minimum Gasteiger partial charge on any atom is -0.321 e. The van der Waals surface area contributed by atoms with Crippen LogP contribution in [0.5, 0.6) is 0 Å². The number of nitrogens with one attached hydrogen (secondary N) is 1. The second-order valence-electron chi connectivity index (χ2n) is 6.77. The number of amides is 1. The molecule has 1 aliphatic rings. The molecule has 0 radical (unpaired) electrons. The number of hydrogen-bond acceptors (Lipinski definition) is 3. The molecule has 1 aliphatic heterocycles. The van der Waals surface area contributed by atoms with Crippen molar-refractivity contribution in [2.45, 2.75) is 17.7 Å². The Kier molecular flexibility index (Phi) is 5.43. The quantitative estimate of drug-likeness (QED) is 0.592. The van der Waals surface area contributed by atoms with Crippen molar-refractivity contribution in [1.82, 2.24) is 0 Å². The molecular weight excluding hydrogens is 452 g/mol. The molecular formula is C22H19BrN2O3S. The van der Waals surface area contributed by atoms with Gasteiger partial charge in [0.05, 0.1) is 16.3 Å². The molecule has 0 bridgehead atoms. The summed E-state index contributed by atoms with van der Waals surface area (Å²) in [5.41, 5.74) is 2.68. The van der Waals surface area contributed by atoms with E-state index in [1.807, 2.05) is 24.3 Å². The molecule has 3 aromatic rings. The van der Waals surface area contributed by atoms with Crippen molar-refractivity contribution < 1.29 is 13.2 Å². The van der Waals surface area contributed by atoms with Gasteiger partial charge in [-0.15, -0.1) is 0 Å². The van der Waals surface area contributed by atoms with Crippen LogP contribution in [0.4, 0.5) is 11.4 Å². The maximum atomic E-state index is 13.1. The number of carbonyl (C=O) groups is 1. The smallest absolute Gasteiger partial charge is 0.264 e. The third kappa shape index (κ3) is 3.93. The largest absolute Gasteiger partial charge is 0.321 e. The van der Waals surface area contributed by atoms with E-state index in [1.165, 1.54) is 4.31 Å². The topological polar surface area (TPSA) is 66.5 Å². The summed E-state index contributed by atoms with van der Waals surface area (Å²) in [6, 6.07) is 21.0. The Bertz CT molecular complexity index is 1160. The third-order valence-corrected chi connectivity index (χ3v) is 7.39. The maximum Gasteiger partial charge on any atom is 0.264 e. The lowest BCUT2D eigenvalue weighted by Crippen LogP contribution is -2.35. The van der Waals surface area contributed by atoms with Gasteiger partial charge in [-0.05, 0) is 76.8 Å². The highest BCUT2D eigenvalue weighted by atomic mass is 79.9. The number of halogens is 1. The van der Waals surface area contributed by atoms with Gasteiger partial charge in [0.2, 0.25) is 0 Å². The summed E-state index contributed by atoms with van der Waals surface area (Å²) >= 11 is 3.42. The minimum atomic E-state index is -3.64. The fourth-order valence-corrected chi connectivity index (χ4v) is 5.38. The highest BCUT2D eigenvalue weighted by Crippen LogP contribution is 2.33. The molecule has 4 rings (SSSR count). The van der Waals surface area contributed by atoms with Gasteiger partial charge in [-0.1, -0.05) is 30.3 Å². The molecule has 7 heteroatoms. The lowest BCUT2D eigenvalue weighted by atomic mass is 10.0. The number of aryl methyl sites for hydroxylation is 1. The summed E-state index contributed by atoms with van der Waals surface area (Å²) in [7, 11) is -3.64. The van der Waals surface area contributed by atoms with Gasteiger partial charge >= 0.3 is 0 Å². The summed E-state index contributed by atoms with van der Waals surface area (Å²) in [6.45, 7) is 0.423. The van der Waals surface area contributed by atoms with Gasteiger partial charge in [0.25, 0.3) is 15.9 Å². The molecule has 0 saturated heterocycles. The molecule has 29 heavy (non-hydrogen) atoms. The zero-order valence-electron chi connectivity index (χ0n) is 15.5. The summed E-state index contributed by atoms with van der Waals surface area (Å²) in [6.07, 6.45) is 1.43.